The Kier molecular flexibility index (Phi) is 5.71. The highest BCUT2D eigenvalue weighted by atomic mass is 16.3. The van der Waals surface area contributed by atoms with Crippen molar-refractivity contribution in [1.29, 1.82) is 0 Å². The summed E-state index contributed by atoms with van der Waals surface area (Å²) in [7, 11) is 0. The summed E-state index contributed by atoms with van der Waals surface area (Å²) >= 11 is 0. The van der Waals surface area contributed by atoms with Gasteiger partial charge in [-0.1, -0.05) is 146 Å². The SMILES string of the molecule is c1ccc2c(c1)-c1nc(-c3ccc(-c4cccc5c4oc4ccccc45)cc3)nc3nc(-c4ccc5c6ccccc6c6ccccc6c5c4)nc-2c13. The van der Waals surface area contributed by atoms with Crippen molar-refractivity contribution in [1.82, 2.24) is 19.9 Å². The van der Waals surface area contributed by atoms with Crippen LogP contribution in [0.1, 0.15) is 0 Å². The van der Waals surface area contributed by atoms with Gasteiger partial charge in [-0.15, -0.1) is 0 Å². The predicted octanol–water partition coefficient (Wildman–Crippen LogP) is 12.4. The Hall–Kier alpha value is -7.24. The second-order valence-corrected chi connectivity index (χ2v) is 13.7. The van der Waals surface area contributed by atoms with E-state index in [0.29, 0.717) is 17.3 Å². The van der Waals surface area contributed by atoms with Crippen LogP contribution in [-0.4, -0.2) is 19.9 Å². The second-order valence-electron chi connectivity index (χ2n) is 13.7. The third kappa shape index (κ3) is 4.07. The van der Waals surface area contributed by atoms with Gasteiger partial charge in [-0.2, -0.15) is 0 Å². The Bertz CT molecular complexity index is 3310. The molecule has 0 fully saturated rings. The van der Waals surface area contributed by atoms with Gasteiger partial charge in [0.1, 0.15) is 11.2 Å². The molecule has 1 aliphatic carbocycles. The first-order valence-electron chi connectivity index (χ1n) is 17.8. The maximum absolute atomic E-state index is 6.34. The Morgan fingerprint density at radius 2 is 0.830 bits per heavy atom. The van der Waals surface area contributed by atoms with E-state index in [1.807, 2.05) is 18.2 Å². The molecule has 0 aliphatic heterocycles. The number of benzene rings is 8. The lowest BCUT2D eigenvalue weighted by atomic mass is 9.93. The van der Waals surface area contributed by atoms with Gasteiger partial charge in [-0.3, -0.25) is 0 Å². The maximum Gasteiger partial charge on any atom is 0.168 e. The molecule has 0 unspecified atom stereocenters. The Labute approximate surface area is 302 Å². The van der Waals surface area contributed by atoms with Crippen molar-refractivity contribution in [3.63, 3.8) is 0 Å². The monoisotopic (exact) mass is 674 g/mol. The van der Waals surface area contributed by atoms with E-state index in [2.05, 4.69) is 140 Å². The molecular formula is C48H26N4O. The van der Waals surface area contributed by atoms with E-state index in [9.17, 15) is 0 Å². The molecule has 11 aromatic rings. The smallest absolute Gasteiger partial charge is 0.168 e. The quantitative estimate of drug-likeness (QED) is 0.175. The van der Waals surface area contributed by atoms with Gasteiger partial charge >= 0.3 is 0 Å². The van der Waals surface area contributed by atoms with Crippen molar-refractivity contribution in [3.8, 4) is 56.4 Å². The van der Waals surface area contributed by atoms with E-state index in [1.54, 1.807) is 0 Å². The molecular weight excluding hydrogens is 649 g/mol. The first kappa shape index (κ1) is 28.5. The average Bonchev–Trinajstić information content (AvgIpc) is 3.77. The third-order valence-electron chi connectivity index (χ3n) is 10.9. The van der Waals surface area contributed by atoms with Gasteiger partial charge in [0.15, 0.2) is 17.3 Å². The Balaban J connectivity index is 1.03. The molecule has 3 heterocycles. The first-order chi connectivity index (χ1) is 26.3. The van der Waals surface area contributed by atoms with Gasteiger partial charge in [0.2, 0.25) is 0 Å². The van der Waals surface area contributed by atoms with Crippen molar-refractivity contribution in [2.45, 2.75) is 0 Å². The molecule has 5 heteroatoms. The summed E-state index contributed by atoms with van der Waals surface area (Å²) in [6.45, 7) is 0. The minimum absolute atomic E-state index is 0.629. The van der Waals surface area contributed by atoms with Gasteiger partial charge < -0.3 is 4.42 Å². The van der Waals surface area contributed by atoms with Gasteiger partial charge in [-0.25, -0.2) is 19.9 Å². The van der Waals surface area contributed by atoms with Crippen LogP contribution in [0.4, 0.5) is 0 Å². The molecule has 0 bridgehead atoms. The van der Waals surface area contributed by atoms with Crippen molar-refractivity contribution in [2.24, 2.45) is 0 Å². The lowest BCUT2D eigenvalue weighted by Crippen LogP contribution is -1.98. The van der Waals surface area contributed by atoms with Crippen LogP contribution in [0.5, 0.6) is 0 Å². The fourth-order valence-electron chi connectivity index (χ4n) is 8.40. The van der Waals surface area contributed by atoms with Crippen molar-refractivity contribution in [2.75, 3.05) is 0 Å². The van der Waals surface area contributed by atoms with Crippen LogP contribution in [0.25, 0.3) is 122 Å². The summed E-state index contributed by atoms with van der Waals surface area (Å²) in [4.78, 5) is 20.7. The maximum atomic E-state index is 6.34. The molecule has 0 saturated carbocycles. The molecule has 0 N–H and O–H groups in total. The van der Waals surface area contributed by atoms with Crippen LogP contribution in [0.2, 0.25) is 0 Å². The van der Waals surface area contributed by atoms with Crippen LogP contribution in [-0.2, 0) is 0 Å². The number of aromatic nitrogens is 4. The summed E-state index contributed by atoms with van der Waals surface area (Å²) in [5, 5.41) is 10.5. The fraction of sp³-hybridized carbons (Fsp3) is 0. The van der Waals surface area contributed by atoms with E-state index in [-0.39, 0.29) is 0 Å². The summed E-state index contributed by atoms with van der Waals surface area (Å²) in [5.41, 5.74) is 10.2. The lowest BCUT2D eigenvalue weighted by molar-refractivity contribution is 0.670. The van der Waals surface area contributed by atoms with E-state index in [0.717, 1.165) is 72.1 Å². The standard InChI is InChI=1S/C48H26N4O/c1-2-12-33-31(10-1)32-11-3-4-13-34(32)40-26-29(24-25-35(33)40)47-50-44-38-16-6-5-15-37(38)43-42(44)48(52-47)51-46(49-43)28-22-20-27(21-23-28)30-17-9-18-39-36-14-7-8-19-41(36)53-45(30)39/h1-26H. The largest absolute Gasteiger partial charge is 0.455 e. The van der Waals surface area contributed by atoms with Crippen LogP contribution in [0, 0.1) is 0 Å². The summed E-state index contributed by atoms with van der Waals surface area (Å²) in [5.74, 6) is 1.28. The predicted molar refractivity (Wildman–Crippen MR) is 216 cm³/mol. The van der Waals surface area contributed by atoms with Crippen LogP contribution in [0.15, 0.2) is 162 Å². The number of hydrogen-bond acceptors (Lipinski definition) is 5. The zero-order chi connectivity index (χ0) is 34.6. The molecule has 0 saturated heterocycles. The van der Waals surface area contributed by atoms with Crippen LogP contribution >= 0.6 is 0 Å². The van der Waals surface area contributed by atoms with E-state index >= 15 is 0 Å². The molecule has 244 valence electrons. The molecule has 53 heavy (non-hydrogen) atoms. The molecule has 0 atom stereocenters. The van der Waals surface area contributed by atoms with Gasteiger partial charge in [-0.05, 0) is 50.0 Å². The molecule has 3 aromatic heterocycles. The number of hydrogen-bond donors (Lipinski definition) is 0. The number of para-hydroxylation sites is 2. The molecule has 8 aromatic carbocycles. The van der Waals surface area contributed by atoms with Gasteiger partial charge in [0, 0.05) is 38.6 Å². The van der Waals surface area contributed by atoms with E-state index < -0.39 is 0 Å². The first-order valence-corrected chi connectivity index (χ1v) is 17.8. The highest BCUT2D eigenvalue weighted by molar-refractivity contribution is 6.25. The Morgan fingerprint density at radius 1 is 0.340 bits per heavy atom. The summed E-state index contributed by atoms with van der Waals surface area (Å²) < 4.78 is 6.34. The topological polar surface area (TPSA) is 64.7 Å². The molecule has 0 radical (unpaired) electrons. The van der Waals surface area contributed by atoms with E-state index in [4.69, 9.17) is 24.4 Å². The van der Waals surface area contributed by atoms with E-state index in [1.165, 1.54) is 32.3 Å². The second kappa shape index (κ2) is 10.6. The molecule has 1 aliphatic rings. The number of furan rings is 1. The van der Waals surface area contributed by atoms with Crippen molar-refractivity contribution < 1.29 is 4.42 Å². The number of rotatable bonds is 3. The fourth-order valence-corrected chi connectivity index (χ4v) is 8.40. The van der Waals surface area contributed by atoms with Crippen LogP contribution < -0.4 is 0 Å². The molecule has 0 spiro atoms. The van der Waals surface area contributed by atoms with Crippen LogP contribution in [0.3, 0.4) is 0 Å². The Morgan fingerprint density at radius 3 is 1.51 bits per heavy atom. The van der Waals surface area contributed by atoms with Gasteiger partial charge in [0.25, 0.3) is 0 Å². The lowest BCUT2D eigenvalue weighted by Gasteiger charge is -2.12. The highest BCUT2D eigenvalue weighted by Crippen LogP contribution is 2.46. The minimum Gasteiger partial charge on any atom is -0.455 e. The zero-order valence-electron chi connectivity index (χ0n) is 28.2. The normalized spacial score (nSPS) is 12.2. The highest BCUT2D eigenvalue weighted by Gasteiger charge is 2.28. The molecule has 5 nitrogen and oxygen atoms in total. The number of nitrogens with zero attached hydrogens (tertiary/aromatic N) is 4. The molecule has 0 amide bonds. The zero-order valence-corrected chi connectivity index (χ0v) is 28.2. The summed E-state index contributed by atoms with van der Waals surface area (Å²) in [6, 6.07) is 55.2. The number of fused-ring (bicyclic) bond motifs is 12. The van der Waals surface area contributed by atoms with Crippen molar-refractivity contribution in [3.05, 3.63) is 158 Å². The van der Waals surface area contributed by atoms with Crippen molar-refractivity contribution >= 4 is 65.3 Å². The summed E-state index contributed by atoms with van der Waals surface area (Å²) in [6.07, 6.45) is 0. The van der Waals surface area contributed by atoms with Gasteiger partial charge in [0.05, 0.1) is 16.8 Å². The average molecular weight is 675 g/mol. The third-order valence-corrected chi connectivity index (χ3v) is 10.9. The minimum atomic E-state index is 0.629. The molecule has 12 rings (SSSR count).